The van der Waals surface area contributed by atoms with Crippen LogP contribution in [0, 0.1) is 0 Å². The number of hydrogen-bond donors (Lipinski definition) is 2. The number of methoxy groups -OCH3 is 1. The predicted octanol–water partition coefficient (Wildman–Crippen LogP) is 1.34. The molecule has 21 heavy (non-hydrogen) atoms. The van der Waals surface area contributed by atoms with Crippen molar-refractivity contribution in [2.45, 2.75) is 25.2 Å². The van der Waals surface area contributed by atoms with E-state index in [9.17, 15) is 5.11 Å². The minimum atomic E-state index is -0.416. The van der Waals surface area contributed by atoms with E-state index < -0.39 is 6.10 Å². The van der Waals surface area contributed by atoms with Gasteiger partial charge in [0.15, 0.2) is 0 Å². The predicted molar refractivity (Wildman–Crippen MR) is 78.1 cm³/mol. The Morgan fingerprint density at radius 2 is 2.19 bits per heavy atom. The van der Waals surface area contributed by atoms with E-state index in [1.807, 2.05) is 35.0 Å². The number of anilines is 1. The van der Waals surface area contributed by atoms with E-state index in [0.29, 0.717) is 25.4 Å². The van der Waals surface area contributed by atoms with E-state index in [2.05, 4.69) is 5.10 Å². The summed E-state index contributed by atoms with van der Waals surface area (Å²) in [7, 11) is 1.64. The second-order valence-electron chi connectivity index (χ2n) is 5.21. The smallest absolute Gasteiger partial charge is 0.145 e. The maximum Gasteiger partial charge on any atom is 0.145 e. The molecule has 0 amide bonds. The molecule has 1 aliphatic heterocycles. The SMILES string of the molecule is COc1ccc(Cn2nc(N)cc2[C@@H]2C[C@H](O)CO2)cc1. The molecule has 1 saturated heterocycles. The maximum atomic E-state index is 9.61. The van der Waals surface area contributed by atoms with Crippen LogP contribution in [0.1, 0.15) is 23.8 Å². The van der Waals surface area contributed by atoms with Gasteiger partial charge in [0.05, 0.1) is 32.1 Å². The van der Waals surface area contributed by atoms with Gasteiger partial charge in [0.1, 0.15) is 17.7 Å². The average molecular weight is 289 g/mol. The van der Waals surface area contributed by atoms with Crippen molar-refractivity contribution in [3.05, 3.63) is 41.6 Å². The zero-order valence-electron chi connectivity index (χ0n) is 11.9. The third kappa shape index (κ3) is 3.01. The summed E-state index contributed by atoms with van der Waals surface area (Å²) < 4.78 is 12.6. The molecule has 6 nitrogen and oxygen atoms in total. The summed E-state index contributed by atoms with van der Waals surface area (Å²) in [6.45, 7) is 0.963. The summed E-state index contributed by atoms with van der Waals surface area (Å²) >= 11 is 0. The van der Waals surface area contributed by atoms with Crippen LogP contribution in [0.15, 0.2) is 30.3 Å². The van der Waals surface area contributed by atoms with Crippen molar-refractivity contribution in [1.82, 2.24) is 9.78 Å². The van der Waals surface area contributed by atoms with Crippen molar-refractivity contribution in [2.24, 2.45) is 0 Å². The minimum Gasteiger partial charge on any atom is -0.497 e. The Bertz CT molecular complexity index is 609. The molecule has 112 valence electrons. The molecule has 0 saturated carbocycles. The largest absolute Gasteiger partial charge is 0.497 e. The van der Waals surface area contributed by atoms with Gasteiger partial charge in [-0.3, -0.25) is 4.68 Å². The summed E-state index contributed by atoms with van der Waals surface area (Å²) in [6.07, 6.45) is 0.0110. The van der Waals surface area contributed by atoms with Gasteiger partial charge >= 0.3 is 0 Å². The van der Waals surface area contributed by atoms with Crippen molar-refractivity contribution < 1.29 is 14.6 Å². The molecule has 0 bridgehead atoms. The normalized spacial score (nSPS) is 21.6. The lowest BCUT2D eigenvalue weighted by Crippen LogP contribution is -2.10. The monoisotopic (exact) mass is 289 g/mol. The second kappa shape index (κ2) is 5.75. The number of nitrogens with two attached hydrogens (primary N) is 1. The lowest BCUT2D eigenvalue weighted by molar-refractivity contribution is 0.0844. The summed E-state index contributed by atoms with van der Waals surface area (Å²) in [5, 5.41) is 13.9. The number of ether oxygens (including phenoxy) is 2. The molecule has 1 aromatic carbocycles. The first-order chi connectivity index (χ1) is 10.2. The molecule has 2 aromatic rings. The van der Waals surface area contributed by atoms with Gasteiger partial charge in [0.2, 0.25) is 0 Å². The first kappa shape index (κ1) is 13.9. The molecule has 3 rings (SSSR count). The Morgan fingerprint density at radius 3 is 2.81 bits per heavy atom. The van der Waals surface area contributed by atoms with Crippen molar-refractivity contribution in [3.8, 4) is 5.75 Å². The molecular formula is C15H19N3O3. The third-order valence-corrected chi connectivity index (χ3v) is 3.63. The number of aromatic nitrogens is 2. The van der Waals surface area contributed by atoms with Crippen molar-refractivity contribution in [2.75, 3.05) is 19.5 Å². The van der Waals surface area contributed by atoms with Crippen LogP contribution in [0.5, 0.6) is 5.75 Å². The number of aliphatic hydroxyl groups excluding tert-OH is 1. The van der Waals surface area contributed by atoms with Gasteiger partial charge in [0, 0.05) is 12.5 Å². The van der Waals surface area contributed by atoms with E-state index in [-0.39, 0.29) is 6.10 Å². The quantitative estimate of drug-likeness (QED) is 0.887. The van der Waals surface area contributed by atoms with E-state index in [0.717, 1.165) is 17.0 Å². The van der Waals surface area contributed by atoms with E-state index in [1.165, 1.54) is 0 Å². The Morgan fingerprint density at radius 1 is 1.43 bits per heavy atom. The maximum absolute atomic E-state index is 9.61. The van der Waals surface area contributed by atoms with Gasteiger partial charge in [-0.2, -0.15) is 5.10 Å². The molecule has 2 atom stereocenters. The average Bonchev–Trinajstić information content (AvgIpc) is 3.06. The fourth-order valence-electron chi connectivity index (χ4n) is 2.56. The number of aliphatic hydroxyl groups is 1. The fourth-order valence-corrected chi connectivity index (χ4v) is 2.56. The zero-order valence-corrected chi connectivity index (χ0v) is 11.9. The van der Waals surface area contributed by atoms with Crippen LogP contribution in [0.2, 0.25) is 0 Å². The summed E-state index contributed by atoms with van der Waals surface area (Å²) in [5.74, 6) is 1.28. The minimum absolute atomic E-state index is 0.150. The molecule has 1 aromatic heterocycles. The summed E-state index contributed by atoms with van der Waals surface area (Å²) in [4.78, 5) is 0. The Balaban J connectivity index is 1.81. The molecule has 0 aliphatic carbocycles. The van der Waals surface area contributed by atoms with Gasteiger partial charge in [0.25, 0.3) is 0 Å². The van der Waals surface area contributed by atoms with Crippen LogP contribution in [-0.4, -0.2) is 34.7 Å². The lowest BCUT2D eigenvalue weighted by Gasteiger charge is -2.12. The molecule has 1 aliphatic rings. The second-order valence-corrected chi connectivity index (χ2v) is 5.21. The first-order valence-corrected chi connectivity index (χ1v) is 6.91. The van der Waals surface area contributed by atoms with Gasteiger partial charge in [-0.1, -0.05) is 12.1 Å². The first-order valence-electron chi connectivity index (χ1n) is 6.91. The fraction of sp³-hybridized carbons (Fsp3) is 0.400. The highest BCUT2D eigenvalue weighted by atomic mass is 16.5. The Labute approximate surface area is 123 Å². The van der Waals surface area contributed by atoms with Crippen molar-refractivity contribution in [3.63, 3.8) is 0 Å². The third-order valence-electron chi connectivity index (χ3n) is 3.63. The number of rotatable bonds is 4. The number of nitrogens with zero attached hydrogens (tertiary/aromatic N) is 2. The van der Waals surface area contributed by atoms with Gasteiger partial charge in [-0.15, -0.1) is 0 Å². The molecule has 0 unspecified atom stereocenters. The molecule has 6 heteroatoms. The van der Waals surface area contributed by atoms with Crippen molar-refractivity contribution in [1.29, 1.82) is 0 Å². The van der Waals surface area contributed by atoms with Crippen LogP contribution in [0.25, 0.3) is 0 Å². The van der Waals surface area contributed by atoms with Crippen LogP contribution >= 0.6 is 0 Å². The molecule has 0 spiro atoms. The highest BCUT2D eigenvalue weighted by Crippen LogP contribution is 2.30. The Kier molecular flexibility index (Phi) is 3.81. The van der Waals surface area contributed by atoms with Gasteiger partial charge in [-0.25, -0.2) is 0 Å². The van der Waals surface area contributed by atoms with Crippen molar-refractivity contribution >= 4 is 5.82 Å². The van der Waals surface area contributed by atoms with E-state index >= 15 is 0 Å². The van der Waals surface area contributed by atoms with Crippen LogP contribution in [-0.2, 0) is 11.3 Å². The topological polar surface area (TPSA) is 82.5 Å². The number of benzene rings is 1. The highest BCUT2D eigenvalue weighted by Gasteiger charge is 2.28. The van der Waals surface area contributed by atoms with Gasteiger partial charge < -0.3 is 20.3 Å². The standard InChI is InChI=1S/C15H19N3O3/c1-20-12-4-2-10(3-5-12)8-18-13(7-15(16)17-18)14-6-11(19)9-21-14/h2-5,7,11,14,19H,6,8-9H2,1H3,(H2,16,17)/t11-,14-/m0/s1. The van der Waals surface area contributed by atoms with E-state index in [4.69, 9.17) is 15.2 Å². The molecule has 1 fully saturated rings. The highest BCUT2D eigenvalue weighted by molar-refractivity contribution is 5.32. The molecule has 2 heterocycles. The summed E-state index contributed by atoms with van der Waals surface area (Å²) in [5.41, 5.74) is 7.81. The Hall–Kier alpha value is -2.05. The molecule has 3 N–H and O–H groups in total. The number of hydrogen-bond acceptors (Lipinski definition) is 5. The lowest BCUT2D eigenvalue weighted by atomic mass is 10.1. The van der Waals surface area contributed by atoms with E-state index in [1.54, 1.807) is 7.11 Å². The summed E-state index contributed by atoms with van der Waals surface area (Å²) in [6, 6.07) is 9.62. The molecule has 0 radical (unpaired) electrons. The number of nitrogen functional groups attached to an aromatic ring is 1. The zero-order chi connectivity index (χ0) is 14.8. The van der Waals surface area contributed by atoms with Gasteiger partial charge in [-0.05, 0) is 17.7 Å². The van der Waals surface area contributed by atoms with Crippen LogP contribution < -0.4 is 10.5 Å². The van der Waals surface area contributed by atoms with Crippen LogP contribution in [0.3, 0.4) is 0 Å². The molecular weight excluding hydrogens is 270 g/mol. The van der Waals surface area contributed by atoms with Crippen LogP contribution in [0.4, 0.5) is 5.82 Å².